The standard InChI is InChI=1S/C9H10BrF3N2/c1-6(5-9(11,12)13)15-8-7(10)3-2-4-14-8/h2-4,6H,5H2,1H3,(H,14,15). The van der Waals surface area contributed by atoms with Gasteiger partial charge in [0.2, 0.25) is 0 Å². The van der Waals surface area contributed by atoms with Crippen molar-refractivity contribution in [2.75, 3.05) is 5.32 Å². The normalized spacial score (nSPS) is 13.7. The summed E-state index contributed by atoms with van der Waals surface area (Å²) < 4.78 is 36.8. The fourth-order valence-corrected chi connectivity index (χ4v) is 1.49. The van der Waals surface area contributed by atoms with E-state index in [4.69, 9.17) is 0 Å². The minimum absolute atomic E-state index is 0.425. The summed E-state index contributed by atoms with van der Waals surface area (Å²) in [6.07, 6.45) is -3.52. The van der Waals surface area contributed by atoms with Gasteiger partial charge in [0, 0.05) is 12.2 Å². The Bertz CT molecular complexity index is 327. The van der Waals surface area contributed by atoms with Crippen LogP contribution >= 0.6 is 15.9 Å². The molecule has 1 atom stereocenters. The Morgan fingerprint density at radius 2 is 2.20 bits per heavy atom. The summed E-state index contributed by atoms with van der Waals surface area (Å²) in [6, 6.07) is 2.72. The molecule has 84 valence electrons. The van der Waals surface area contributed by atoms with Gasteiger partial charge in [0.15, 0.2) is 0 Å². The summed E-state index contributed by atoms with van der Waals surface area (Å²) >= 11 is 3.20. The van der Waals surface area contributed by atoms with E-state index in [1.54, 1.807) is 12.1 Å². The van der Waals surface area contributed by atoms with Crippen LogP contribution in [0.25, 0.3) is 0 Å². The predicted octanol–water partition coefficient (Wildman–Crippen LogP) is 3.60. The number of aromatic nitrogens is 1. The molecule has 0 saturated carbocycles. The third-order valence-corrected chi connectivity index (χ3v) is 2.32. The summed E-state index contributed by atoms with van der Waals surface area (Å²) in [5, 5.41) is 2.69. The van der Waals surface area contributed by atoms with Gasteiger partial charge in [-0.25, -0.2) is 4.98 Å². The van der Waals surface area contributed by atoms with E-state index in [0.717, 1.165) is 0 Å². The van der Waals surface area contributed by atoms with Crippen LogP contribution in [-0.2, 0) is 0 Å². The second-order valence-electron chi connectivity index (χ2n) is 3.20. The van der Waals surface area contributed by atoms with Gasteiger partial charge in [-0.2, -0.15) is 13.2 Å². The molecule has 6 heteroatoms. The molecule has 2 nitrogen and oxygen atoms in total. The molecule has 1 aromatic rings. The lowest BCUT2D eigenvalue weighted by Crippen LogP contribution is -2.24. The van der Waals surface area contributed by atoms with Crippen LogP contribution in [0.5, 0.6) is 0 Å². The first kappa shape index (κ1) is 12.3. The number of hydrogen-bond donors (Lipinski definition) is 1. The van der Waals surface area contributed by atoms with E-state index in [2.05, 4.69) is 26.2 Å². The third kappa shape index (κ3) is 4.51. The van der Waals surface area contributed by atoms with Crippen molar-refractivity contribution in [1.29, 1.82) is 0 Å². The fraction of sp³-hybridized carbons (Fsp3) is 0.444. The maximum absolute atomic E-state index is 12.0. The lowest BCUT2D eigenvalue weighted by Gasteiger charge is -2.16. The Morgan fingerprint density at radius 3 is 2.73 bits per heavy atom. The van der Waals surface area contributed by atoms with Crippen LogP contribution in [0.1, 0.15) is 13.3 Å². The van der Waals surface area contributed by atoms with Crippen molar-refractivity contribution < 1.29 is 13.2 Å². The van der Waals surface area contributed by atoms with Crippen molar-refractivity contribution in [3.05, 3.63) is 22.8 Å². The van der Waals surface area contributed by atoms with E-state index >= 15 is 0 Å². The molecule has 0 fully saturated rings. The SMILES string of the molecule is CC(CC(F)(F)F)Nc1ncccc1Br. The van der Waals surface area contributed by atoms with Crippen molar-refractivity contribution in [2.45, 2.75) is 25.6 Å². The molecule has 0 saturated heterocycles. The molecule has 0 aliphatic carbocycles. The second-order valence-corrected chi connectivity index (χ2v) is 4.05. The highest BCUT2D eigenvalue weighted by molar-refractivity contribution is 9.10. The Balaban J connectivity index is 2.59. The highest BCUT2D eigenvalue weighted by Gasteiger charge is 2.30. The first-order chi connectivity index (χ1) is 6.88. The molecule has 1 rings (SSSR count). The van der Waals surface area contributed by atoms with Gasteiger partial charge in [0.1, 0.15) is 5.82 Å². The van der Waals surface area contributed by atoms with Crippen LogP contribution in [0.3, 0.4) is 0 Å². The number of hydrogen-bond acceptors (Lipinski definition) is 2. The summed E-state index contributed by atoms with van der Waals surface area (Å²) in [7, 11) is 0. The largest absolute Gasteiger partial charge is 0.391 e. The molecular weight excluding hydrogens is 273 g/mol. The molecule has 0 aliphatic rings. The molecule has 0 amide bonds. The number of pyridine rings is 1. The van der Waals surface area contributed by atoms with Crippen LogP contribution < -0.4 is 5.32 Å². The summed E-state index contributed by atoms with van der Waals surface area (Å²) in [5.74, 6) is 0.425. The van der Waals surface area contributed by atoms with Crippen molar-refractivity contribution in [2.24, 2.45) is 0 Å². The molecule has 0 spiro atoms. The molecule has 1 N–H and O–H groups in total. The van der Waals surface area contributed by atoms with E-state index in [1.807, 2.05) is 0 Å². The average molecular weight is 283 g/mol. The lowest BCUT2D eigenvalue weighted by molar-refractivity contribution is -0.136. The van der Waals surface area contributed by atoms with Gasteiger partial charge >= 0.3 is 6.18 Å². The Labute approximate surface area is 94.0 Å². The monoisotopic (exact) mass is 282 g/mol. The first-order valence-corrected chi connectivity index (χ1v) is 5.11. The van der Waals surface area contributed by atoms with E-state index in [1.165, 1.54) is 13.1 Å². The van der Waals surface area contributed by atoms with Crippen molar-refractivity contribution >= 4 is 21.7 Å². The van der Waals surface area contributed by atoms with Crippen molar-refractivity contribution in [3.8, 4) is 0 Å². The second kappa shape index (κ2) is 4.83. The maximum atomic E-state index is 12.0. The molecule has 15 heavy (non-hydrogen) atoms. The van der Waals surface area contributed by atoms with Crippen molar-refractivity contribution in [3.63, 3.8) is 0 Å². The average Bonchev–Trinajstić information content (AvgIpc) is 2.05. The quantitative estimate of drug-likeness (QED) is 0.916. The van der Waals surface area contributed by atoms with E-state index in [9.17, 15) is 13.2 Å². The Kier molecular flexibility index (Phi) is 3.96. The molecule has 1 aromatic heterocycles. The van der Waals surface area contributed by atoms with Gasteiger partial charge in [0.25, 0.3) is 0 Å². The first-order valence-electron chi connectivity index (χ1n) is 4.32. The van der Waals surface area contributed by atoms with Crippen LogP contribution in [0, 0.1) is 0 Å². The molecule has 0 aromatic carbocycles. The van der Waals surface area contributed by atoms with Crippen LogP contribution in [0.15, 0.2) is 22.8 Å². The van der Waals surface area contributed by atoms with Gasteiger partial charge in [0.05, 0.1) is 10.9 Å². The van der Waals surface area contributed by atoms with Gasteiger partial charge in [-0.3, -0.25) is 0 Å². The van der Waals surface area contributed by atoms with E-state index in [-0.39, 0.29) is 0 Å². The minimum atomic E-state index is -4.16. The van der Waals surface area contributed by atoms with Gasteiger partial charge in [-0.05, 0) is 35.0 Å². The Hall–Kier alpha value is -0.780. The highest BCUT2D eigenvalue weighted by Crippen LogP contribution is 2.25. The minimum Gasteiger partial charge on any atom is -0.366 e. The summed E-state index contributed by atoms with van der Waals surface area (Å²) in [5.41, 5.74) is 0. The summed E-state index contributed by atoms with van der Waals surface area (Å²) in [6.45, 7) is 1.47. The topological polar surface area (TPSA) is 24.9 Å². The van der Waals surface area contributed by atoms with Gasteiger partial charge in [-0.15, -0.1) is 0 Å². The molecule has 1 unspecified atom stereocenters. The zero-order valence-corrected chi connectivity index (χ0v) is 9.56. The molecular formula is C9H10BrF3N2. The fourth-order valence-electron chi connectivity index (χ4n) is 1.12. The Morgan fingerprint density at radius 1 is 1.53 bits per heavy atom. The number of halogens is 4. The van der Waals surface area contributed by atoms with E-state index < -0.39 is 18.6 Å². The maximum Gasteiger partial charge on any atom is 0.391 e. The smallest absolute Gasteiger partial charge is 0.366 e. The van der Waals surface area contributed by atoms with Gasteiger partial charge in [-0.1, -0.05) is 0 Å². The van der Waals surface area contributed by atoms with Gasteiger partial charge < -0.3 is 5.32 Å². The van der Waals surface area contributed by atoms with E-state index in [0.29, 0.717) is 10.3 Å². The number of nitrogens with zero attached hydrogens (tertiary/aromatic N) is 1. The predicted molar refractivity (Wildman–Crippen MR) is 55.7 cm³/mol. The third-order valence-electron chi connectivity index (χ3n) is 1.68. The number of anilines is 1. The van der Waals surface area contributed by atoms with Crippen molar-refractivity contribution in [1.82, 2.24) is 4.98 Å². The molecule has 0 bridgehead atoms. The van der Waals surface area contributed by atoms with Crippen LogP contribution in [-0.4, -0.2) is 17.2 Å². The number of nitrogens with one attached hydrogen (secondary N) is 1. The van der Waals surface area contributed by atoms with Crippen LogP contribution in [0.4, 0.5) is 19.0 Å². The number of rotatable bonds is 3. The zero-order chi connectivity index (χ0) is 11.5. The van der Waals surface area contributed by atoms with Crippen LogP contribution in [0.2, 0.25) is 0 Å². The molecule has 1 heterocycles. The highest BCUT2D eigenvalue weighted by atomic mass is 79.9. The molecule has 0 radical (unpaired) electrons. The molecule has 0 aliphatic heterocycles. The number of alkyl halides is 3. The summed E-state index contributed by atoms with van der Waals surface area (Å²) in [4.78, 5) is 3.92. The lowest BCUT2D eigenvalue weighted by atomic mass is 10.2. The zero-order valence-electron chi connectivity index (χ0n) is 7.98.